The van der Waals surface area contributed by atoms with Crippen LogP contribution >= 0.6 is 11.3 Å². The van der Waals surface area contributed by atoms with Crippen molar-refractivity contribution in [2.75, 3.05) is 0 Å². The molecule has 0 spiro atoms. The minimum absolute atomic E-state index is 0.107. The van der Waals surface area contributed by atoms with Crippen molar-refractivity contribution in [2.24, 2.45) is 0 Å². The van der Waals surface area contributed by atoms with Crippen LogP contribution in [0.15, 0.2) is 47.8 Å². The third-order valence-electron chi connectivity index (χ3n) is 6.43. The molecule has 4 aromatic rings. The molecule has 1 N–H and O–H groups in total. The number of halogens is 1. The Morgan fingerprint density at radius 1 is 1.00 bits per heavy atom. The highest BCUT2D eigenvalue weighted by Gasteiger charge is 2.20. The first-order chi connectivity index (χ1) is 17.2. The summed E-state index contributed by atoms with van der Waals surface area (Å²) >= 11 is 1.37. The number of amides is 1. The zero-order valence-corrected chi connectivity index (χ0v) is 21.4. The fraction of sp³-hybridized carbons (Fsp3) is 0.207. The maximum absolute atomic E-state index is 14.9. The Morgan fingerprint density at radius 3 is 2.39 bits per heavy atom. The normalized spacial score (nSPS) is 10.6. The molecule has 4 rings (SSSR count). The Bertz CT molecular complexity index is 1570. The summed E-state index contributed by atoms with van der Waals surface area (Å²) in [7, 11) is 0. The van der Waals surface area contributed by atoms with E-state index in [0.29, 0.717) is 28.4 Å². The fourth-order valence-electron chi connectivity index (χ4n) is 4.40. The zero-order chi connectivity index (χ0) is 26.0. The lowest BCUT2D eigenvalue weighted by molar-refractivity contribution is 0.0954. The Labute approximate surface area is 214 Å². The molecule has 0 unspecified atom stereocenters. The Kier molecular flexibility index (Phi) is 7.05. The summed E-state index contributed by atoms with van der Waals surface area (Å²) in [4.78, 5) is 20.3. The van der Waals surface area contributed by atoms with Crippen LogP contribution in [0.3, 0.4) is 0 Å². The molecular weight excluding hydrogens is 471 g/mol. The van der Waals surface area contributed by atoms with E-state index in [1.807, 2.05) is 61.9 Å². The molecule has 1 amide bonds. The Morgan fingerprint density at radius 2 is 1.78 bits per heavy atom. The molecule has 0 radical (unpaired) electrons. The number of aryl methyl sites for hydroxylation is 2. The highest BCUT2D eigenvalue weighted by molar-refractivity contribution is 7.12. The highest BCUT2D eigenvalue weighted by Crippen LogP contribution is 2.40. The van der Waals surface area contributed by atoms with E-state index in [9.17, 15) is 9.18 Å². The molecule has 2 heterocycles. The predicted octanol–water partition coefficient (Wildman–Crippen LogP) is 7.67. The molecule has 0 saturated carbocycles. The van der Waals surface area contributed by atoms with Gasteiger partial charge in [0.05, 0.1) is 18.0 Å². The van der Waals surface area contributed by atoms with Crippen molar-refractivity contribution in [3.63, 3.8) is 0 Å². The van der Waals surface area contributed by atoms with Crippen molar-refractivity contribution >= 4 is 28.6 Å². The first kappa shape index (κ1) is 24.9. The monoisotopic (exact) mass is 496 g/mol. The highest BCUT2D eigenvalue weighted by atomic mass is 32.1. The van der Waals surface area contributed by atoms with Crippen molar-refractivity contribution in [3.8, 4) is 11.1 Å². The summed E-state index contributed by atoms with van der Waals surface area (Å²) in [6, 6.07) is 12.5. The summed E-state index contributed by atoms with van der Waals surface area (Å²) in [5.41, 5.74) is 7.56. The Balaban J connectivity index is 1.58. The maximum atomic E-state index is 14.9. The van der Waals surface area contributed by atoms with E-state index >= 15 is 0 Å². The van der Waals surface area contributed by atoms with Crippen LogP contribution < -0.4 is 5.32 Å². The van der Waals surface area contributed by atoms with Gasteiger partial charge in [-0.3, -0.25) is 4.79 Å². The van der Waals surface area contributed by atoms with Gasteiger partial charge in [-0.25, -0.2) is 14.1 Å². The van der Waals surface area contributed by atoms with Gasteiger partial charge in [-0.05, 0) is 67.5 Å². The largest absolute Gasteiger partial charge is 0.355 e. The molecular formula is C29H25FN4OS. The third-order valence-corrected chi connectivity index (χ3v) is 7.45. The fourth-order valence-corrected chi connectivity index (χ4v) is 5.24. The van der Waals surface area contributed by atoms with E-state index in [0.717, 1.165) is 39.2 Å². The second kappa shape index (κ2) is 10.2. The number of carbonyl (C=O) groups is 1. The van der Waals surface area contributed by atoms with Gasteiger partial charge in [0, 0.05) is 35.6 Å². The van der Waals surface area contributed by atoms with Gasteiger partial charge in [-0.2, -0.15) is 0 Å². The van der Waals surface area contributed by atoms with Crippen LogP contribution in [0.25, 0.3) is 20.8 Å². The van der Waals surface area contributed by atoms with Crippen LogP contribution in [0.2, 0.25) is 0 Å². The first-order valence-corrected chi connectivity index (χ1v) is 12.3. The summed E-state index contributed by atoms with van der Waals surface area (Å²) in [5, 5.41) is 4.65. The van der Waals surface area contributed by atoms with Gasteiger partial charge >= 0.3 is 0 Å². The molecule has 2 aromatic heterocycles. The van der Waals surface area contributed by atoms with Crippen molar-refractivity contribution in [3.05, 3.63) is 115 Å². The summed E-state index contributed by atoms with van der Waals surface area (Å²) < 4.78 is 17.0. The first-order valence-electron chi connectivity index (χ1n) is 11.4. The number of hydrogen-bond donors (Lipinski definition) is 1. The van der Waals surface area contributed by atoms with Gasteiger partial charge in [0.15, 0.2) is 5.69 Å². The molecule has 7 heteroatoms. The average molecular weight is 497 g/mol. The van der Waals surface area contributed by atoms with Crippen molar-refractivity contribution in [2.45, 2.75) is 40.8 Å². The summed E-state index contributed by atoms with van der Waals surface area (Å²) in [5.74, 6) is -0.586. The molecule has 5 nitrogen and oxygen atoms in total. The molecule has 0 atom stereocenters. The SMILES string of the molecule is [C-]#[N+]c1ccc(-c2c([N+]#[C-])c(C)n(Cc3ccc(CNC(=O)c4sccc4C)c(F)c3)c2C)cc1C. The lowest BCUT2D eigenvalue weighted by atomic mass is 10.0. The standard InChI is InChI=1S/C29H25FN4OS/c1-17-11-12-36-28(17)29(35)33-15-23-8-7-21(14-24(23)30)16-34-19(3)26(27(32-6)20(34)4)22-9-10-25(31-5)18(2)13-22/h7-14H,15-16H2,1-4H3,(H,33,35). The molecule has 0 aliphatic rings. The van der Waals surface area contributed by atoms with E-state index in [2.05, 4.69) is 15.0 Å². The Hall–Kier alpha value is -4.20. The molecule has 0 aliphatic carbocycles. The van der Waals surface area contributed by atoms with Crippen molar-refractivity contribution < 1.29 is 9.18 Å². The lowest BCUT2D eigenvalue weighted by Crippen LogP contribution is -2.23. The van der Waals surface area contributed by atoms with Crippen LogP contribution in [-0.2, 0) is 13.1 Å². The number of thiophene rings is 1. The second-order valence-electron chi connectivity index (χ2n) is 8.75. The zero-order valence-electron chi connectivity index (χ0n) is 20.6. The molecule has 0 aliphatic heterocycles. The third kappa shape index (κ3) is 4.66. The number of benzene rings is 2. The van der Waals surface area contributed by atoms with Crippen LogP contribution in [-0.4, -0.2) is 10.5 Å². The average Bonchev–Trinajstić information content (AvgIpc) is 3.39. The van der Waals surface area contributed by atoms with Crippen molar-refractivity contribution in [1.82, 2.24) is 9.88 Å². The number of nitrogens with zero attached hydrogens (tertiary/aromatic N) is 3. The summed E-state index contributed by atoms with van der Waals surface area (Å²) in [6.07, 6.45) is 0. The number of nitrogens with one attached hydrogen (secondary N) is 1. The number of aromatic nitrogens is 1. The second-order valence-corrected chi connectivity index (χ2v) is 9.66. The molecule has 2 aromatic carbocycles. The van der Waals surface area contributed by atoms with Gasteiger partial charge in [0.2, 0.25) is 5.69 Å². The van der Waals surface area contributed by atoms with Crippen LogP contribution in [0, 0.1) is 46.7 Å². The maximum Gasteiger partial charge on any atom is 0.261 e. The minimum Gasteiger partial charge on any atom is -0.355 e. The number of hydrogen-bond acceptors (Lipinski definition) is 2. The van der Waals surface area contributed by atoms with Crippen LogP contribution in [0.1, 0.15) is 43.3 Å². The van der Waals surface area contributed by atoms with E-state index in [-0.39, 0.29) is 18.3 Å². The van der Waals surface area contributed by atoms with Crippen LogP contribution in [0.5, 0.6) is 0 Å². The van der Waals surface area contributed by atoms with Gasteiger partial charge in [0.25, 0.3) is 5.91 Å². The minimum atomic E-state index is -0.380. The van der Waals surface area contributed by atoms with Gasteiger partial charge in [-0.1, -0.05) is 30.3 Å². The lowest BCUT2D eigenvalue weighted by Gasteiger charge is -2.13. The van der Waals surface area contributed by atoms with Gasteiger partial charge in [-0.15, -0.1) is 11.3 Å². The quantitative estimate of drug-likeness (QED) is 0.274. The molecule has 0 bridgehead atoms. The van der Waals surface area contributed by atoms with E-state index < -0.39 is 0 Å². The smallest absolute Gasteiger partial charge is 0.261 e. The van der Waals surface area contributed by atoms with Gasteiger partial charge in [0.1, 0.15) is 5.82 Å². The van der Waals surface area contributed by atoms with Gasteiger partial charge < -0.3 is 9.88 Å². The van der Waals surface area contributed by atoms with E-state index in [1.165, 1.54) is 17.4 Å². The molecule has 36 heavy (non-hydrogen) atoms. The predicted molar refractivity (Wildman–Crippen MR) is 142 cm³/mol. The molecule has 0 fully saturated rings. The number of carbonyl (C=O) groups excluding carboxylic acids is 1. The van der Waals surface area contributed by atoms with E-state index in [1.54, 1.807) is 12.1 Å². The molecule has 0 saturated heterocycles. The number of rotatable bonds is 6. The van der Waals surface area contributed by atoms with Crippen LogP contribution in [0.4, 0.5) is 15.8 Å². The van der Waals surface area contributed by atoms with E-state index in [4.69, 9.17) is 13.1 Å². The van der Waals surface area contributed by atoms with Crippen molar-refractivity contribution in [1.29, 1.82) is 0 Å². The molecule has 180 valence electrons. The summed E-state index contributed by atoms with van der Waals surface area (Å²) in [6.45, 7) is 23.2. The topological polar surface area (TPSA) is 42.8 Å².